The topological polar surface area (TPSA) is 47.0 Å². The second kappa shape index (κ2) is 5.06. The third kappa shape index (κ3) is 2.40. The maximum atomic E-state index is 4.37. The molecule has 0 aromatic carbocycles. The largest absolute Gasteiger partial charge is 0.267 e. The Morgan fingerprint density at radius 3 is 3.16 bits per heavy atom. The molecule has 1 aliphatic carbocycles. The van der Waals surface area contributed by atoms with E-state index in [0.29, 0.717) is 11.5 Å². The zero-order valence-electron chi connectivity index (χ0n) is 10.7. The van der Waals surface area contributed by atoms with Crippen LogP contribution in [0.4, 0.5) is 0 Å². The van der Waals surface area contributed by atoms with E-state index < -0.39 is 0 Å². The van der Waals surface area contributed by atoms with Crippen molar-refractivity contribution in [2.45, 2.75) is 6.42 Å². The minimum absolute atomic E-state index is 0.332. The smallest absolute Gasteiger partial charge is 0.251 e. The summed E-state index contributed by atoms with van der Waals surface area (Å²) in [6.45, 7) is 0. The molecular weight excluding hydrogens is 238 g/mol. The minimum atomic E-state index is 0.332. The van der Waals surface area contributed by atoms with Crippen molar-refractivity contribution in [1.29, 1.82) is 0 Å². The molecular formula is C14H15N5. The number of fused-ring (bicyclic) bond motifs is 1. The highest BCUT2D eigenvalue weighted by Crippen LogP contribution is 2.08. The minimum Gasteiger partial charge on any atom is -0.267 e. The summed E-state index contributed by atoms with van der Waals surface area (Å²) in [5, 5.41) is 12.8. The summed E-state index contributed by atoms with van der Waals surface area (Å²) in [6, 6.07) is 5.85. The SMILES string of the molecule is Cn1nc2ccccn2/c1=N/N=C/C1C=CC=CC1. The Labute approximate surface area is 110 Å². The van der Waals surface area contributed by atoms with Crippen molar-refractivity contribution in [3.8, 4) is 0 Å². The first-order valence-corrected chi connectivity index (χ1v) is 6.25. The summed E-state index contributed by atoms with van der Waals surface area (Å²) >= 11 is 0. The Morgan fingerprint density at radius 1 is 1.37 bits per heavy atom. The molecule has 3 rings (SSSR count). The molecule has 2 aromatic heterocycles. The van der Waals surface area contributed by atoms with Gasteiger partial charge in [0.15, 0.2) is 5.65 Å². The lowest BCUT2D eigenvalue weighted by Gasteiger charge is -2.04. The lowest BCUT2D eigenvalue weighted by atomic mass is 10.0. The summed E-state index contributed by atoms with van der Waals surface area (Å²) in [5.41, 5.74) is 1.57. The summed E-state index contributed by atoms with van der Waals surface area (Å²) in [4.78, 5) is 0. The molecule has 2 heterocycles. The van der Waals surface area contributed by atoms with Gasteiger partial charge in [0, 0.05) is 25.4 Å². The van der Waals surface area contributed by atoms with Gasteiger partial charge in [0.25, 0.3) is 5.62 Å². The van der Waals surface area contributed by atoms with E-state index in [-0.39, 0.29) is 0 Å². The van der Waals surface area contributed by atoms with Crippen LogP contribution in [0.25, 0.3) is 5.65 Å². The van der Waals surface area contributed by atoms with Gasteiger partial charge in [0.1, 0.15) is 0 Å². The maximum Gasteiger partial charge on any atom is 0.251 e. The second-order valence-corrected chi connectivity index (χ2v) is 4.43. The van der Waals surface area contributed by atoms with Gasteiger partial charge in [-0.3, -0.25) is 4.40 Å². The molecule has 0 N–H and O–H groups in total. The fourth-order valence-electron chi connectivity index (χ4n) is 2.03. The lowest BCUT2D eigenvalue weighted by Crippen LogP contribution is -2.19. The maximum absolute atomic E-state index is 4.37. The molecule has 0 amide bonds. The Hall–Kier alpha value is -2.43. The van der Waals surface area contributed by atoms with Gasteiger partial charge in [0.05, 0.1) is 0 Å². The molecule has 19 heavy (non-hydrogen) atoms. The molecule has 5 heteroatoms. The fourth-order valence-corrected chi connectivity index (χ4v) is 2.03. The molecule has 2 aromatic rings. The zero-order chi connectivity index (χ0) is 13.1. The van der Waals surface area contributed by atoms with Crippen molar-refractivity contribution in [2.24, 2.45) is 23.2 Å². The average molecular weight is 253 g/mol. The Bertz CT molecular complexity index is 730. The van der Waals surface area contributed by atoms with Crippen molar-refractivity contribution in [1.82, 2.24) is 14.2 Å². The van der Waals surface area contributed by atoms with E-state index in [1.807, 2.05) is 54.2 Å². The molecule has 1 atom stereocenters. The van der Waals surface area contributed by atoms with Gasteiger partial charge in [-0.2, -0.15) is 10.2 Å². The zero-order valence-corrected chi connectivity index (χ0v) is 10.7. The number of rotatable bonds is 2. The first kappa shape index (κ1) is 11.6. The van der Waals surface area contributed by atoms with E-state index in [0.717, 1.165) is 12.1 Å². The van der Waals surface area contributed by atoms with E-state index in [4.69, 9.17) is 0 Å². The average Bonchev–Trinajstić information content (AvgIpc) is 2.76. The van der Waals surface area contributed by atoms with E-state index in [1.165, 1.54) is 0 Å². The first-order valence-electron chi connectivity index (χ1n) is 6.25. The standard InChI is InChI=1S/C14H15N5/c1-18-14(19-10-6-5-9-13(19)17-18)16-15-11-12-7-3-2-4-8-12/h2-7,9-12H,8H2,1H3/b15-11+,16-14+. The molecule has 0 fully saturated rings. The van der Waals surface area contributed by atoms with Crippen LogP contribution in [0.3, 0.4) is 0 Å². The molecule has 5 nitrogen and oxygen atoms in total. The fraction of sp³-hybridized carbons (Fsp3) is 0.214. The van der Waals surface area contributed by atoms with Crippen molar-refractivity contribution in [3.63, 3.8) is 0 Å². The monoisotopic (exact) mass is 253 g/mol. The van der Waals surface area contributed by atoms with Gasteiger partial charge < -0.3 is 0 Å². The molecule has 1 aliphatic rings. The normalized spacial score (nSPS) is 19.8. The highest BCUT2D eigenvalue weighted by Gasteiger charge is 2.01. The van der Waals surface area contributed by atoms with E-state index >= 15 is 0 Å². The Morgan fingerprint density at radius 2 is 2.32 bits per heavy atom. The summed E-state index contributed by atoms with van der Waals surface area (Å²) < 4.78 is 3.64. The quantitative estimate of drug-likeness (QED) is 0.593. The van der Waals surface area contributed by atoms with Crippen LogP contribution in [0.1, 0.15) is 6.42 Å². The van der Waals surface area contributed by atoms with Gasteiger partial charge in [-0.05, 0) is 18.6 Å². The van der Waals surface area contributed by atoms with Crippen LogP contribution in [0, 0.1) is 5.92 Å². The van der Waals surface area contributed by atoms with Crippen LogP contribution in [0.2, 0.25) is 0 Å². The molecule has 0 radical (unpaired) electrons. The Kier molecular flexibility index (Phi) is 3.10. The highest BCUT2D eigenvalue weighted by atomic mass is 15.4. The van der Waals surface area contributed by atoms with Crippen LogP contribution >= 0.6 is 0 Å². The lowest BCUT2D eigenvalue weighted by molar-refractivity contribution is 0.701. The second-order valence-electron chi connectivity index (χ2n) is 4.43. The van der Waals surface area contributed by atoms with Crippen LogP contribution in [0.15, 0.2) is 58.9 Å². The van der Waals surface area contributed by atoms with Gasteiger partial charge in [-0.15, -0.1) is 5.10 Å². The third-order valence-electron chi connectivity index (χ3n) is 3.01. The van der Waals surface area contributed by atoms with Crippen molar-refractivity contribution < 1.29 is 0 Å². The number of allylic oxidation sites excluding steroid dienone is 4. The molecule has 0 bridgehead atoms. The van der Waals surface area contributed by atoms with Gasteiger partial charge in [0.2, 0.25) is 0 Å². The molecule has 0 spiro atoms. The van der Waals surface area contributed by atoms with Crippen LogP contribution in [-0.4, -0.2) is 20.4 Å². The number of hydrogen-bond acceptors (Lipinski definition) is 3. The predicted octanol–water partition coefficient (Wildman–Crippen LogP) is 1.69. The van der Waals surface area contributed by atoms with Crippen LogP contribution in [0.5, 0.6) is 0 Å². The van der Waals surface area contributed by atoms with Crippen LogP contribution < -0.4 is 5.62 Å². The number of aryl methyl sites for hydroxylation is 1. The number of nitrogens with zero attached hydrogens (tertiary/aromatic N) is 5. The van der Waals surface area contributed by atoms with E-state index in [1.54, 1.807) is 4.68 Å². The molecule has 1 unspecified atom stereocenters. The first-order chi connectivity index (χ1) is 9.34. The van der Waals surface area contributed by atoms with Crippen molar-refractivity contribution in [2.75, 3.05) is 0 Å². The molecule has 96 valence electrons. The van der Waals surface area contributed by atoms with E-state index in [9.17, 15) is 0 Å². The molecule has 0 aliphatic heterocycles. The number of hydrogen-bond donors (Lipinski definition) is 0. The van der Waals surface area contributed by atoms with Crippen LogP contribution in [-0.2, 0) is 7.05 Å². The van der Waals surface area contributed by atoms with Gasteiger partial charge in [-0.25, -0.2) is 4.68 Å². The third-order valence-corrected chi connectivity index (χ3v) is 3.01. The number of pyridine rings is 1. The molecule has 0 saturated carbocycles. The summed E-state index contributed by atoms with van der Waals surface area (Å²) in [7, 11) is 1.87. The van der Waals surface area contributed by atoms with E-state index in [2.05, 4.69) is 27.5 Å². The summed E-state index contributed by atoms with van der Waals surface area (Å²) in [6.07, 6.45) is 13.1. The molecule has 0 saturated heterocycles. The van der Waals surface area contributed by atoms with Crippen molar-refractivity contribution >= 4 is 11.9 Å². The predicted molar refractivity (Wildman–Crippen MR) is 74.6 cm³/mol. The number of aromatic nitrogens is 3. The summed E-state index contributed by atoms with van der Waals surface area (Å²) in [5.74, 6) is 0.332. The van der Waals surface area contributed by atoms with Crippen molar-refractivity contribution in [3.05, 3.63) is 54.3 Å². The van der Waals surface area contributed by atoms with Gasteiger partial charge >= 0.3 is 0 Å². The highest BCUT2D eigenvalue weighted by molar-refractivity contribution is 5.63. The Balaban J connectivity index is 1.93. The van der Waals surface area contributed by atoms with Gasteiger partial charge in [-0.1, -0.05) is 30.4 Å².